The first-order valence-electron chi connectivity index (χ1n) is 15.4. The summed E-state index contributed by atoms with van der Waals surface area (Å²) in [7, 11) is 1.52. The number of anilines is 3. The Kier molecular flexibility index (Phi) is 11.4. The van der Waals surface area contributed by atoms with E-state index in [2.05, 4.69) is 16.0 Å². The van der Waals surface area contributed by atoms with E-state index in [4.69, 9.17) is 18.9 Å². The predicted octanol–water partition coefficient (Wildman–Crippen LogP) is 7.11. The molecular weight excluding hydrogens is 652 g/mol. The number of hydrogen-bond donors (Lipinski definition) is 3. The highest BCUT2D eigenvalue weighted by molar-refractivity contribution is 8.15. The number of nitrogens with one attached hydrogen (secondary N) is 3. The highest BCUT2D eigenvalue weighted by atomic mass is 32.2. The number of benzene rings is 3. The normalized spacial score (nSPS) is 14.4. The Bertz CT molecular complexity index is 1700. The van der Waals surface area contributed by atoms with Gasteiger partial charge in [0.05, 0.1) is 16.6 Å². The van der Waals surface area contributed by atoms with Gasteiger partial charge in [-0.2, -0.15) is 0 Å². The van der Waals surface area contributed by atoms with Crippen LogP contribution in [0.4, 0.5) is 31.4 Å². The van der Waals surface area contributed by atoms with Crippen LogP contribution in [0.3, 0.4) is 0 Å². The van der Waals surface area contributed by atoms with Gasteiger partial charge < -0.3 is 24.3 Å². The Hall–Kier alpha value is -5.24. The summed E-state index contributed by atoms with van der Waals surface area (Å²) in [5, 5.41) is 6.87. The third-order valence-corrected chi connectivity index (χ3v) is 7.47. The Morgan fingerprint density at radius 1 is 0.816 bits per heavy atom. The minimum atomic E-state index is -0.763. The second-order valence-corrected chi connectivity index (χ2v) is 14.2. The average molecular weight is 693 g/mol. The molecule has 3 aromatic rings. The molecule has 3 N–H and O–H groups in total. The van der Waals surface area contributed by atoms with Crippen LogP contribution < -0.4 is 30.3 Å². The summed E-state index contributed by atoms with van der Waals surface area (Å²) in [6.07, 6.45) is -0.846. The quantitative estimate of drug-likeness (QED) is 0.200. The van der Waals surface area contributed by atoms with Gasteiger partial charge in [0.1, 0.15) is 28.5 Å². The lowest BCUT2D eigenvalue weighted by atomic mass is 10.1. The zero-order valence-electron chi connectivity index (χ0n) is 28.4. The number of amides is 5. The van der Waals surface area contributed by atoms with E-state index in [0.717, 1.165) is 17.3 Å². The monoisotopic (exact) mass is 692 g/mol. The zero-order chi connectivity index (χ0) is 35.9. The number of imide groups is 1. The second kappa shape index (κ2) is 15.3. The van der Waals surface area contributed by atoms with Crippen molar-refractivity contribution in [2.24, 2.45) is 0 Å². The lowest BCUT2D eigenvalue weighted by Crippen LogP contribution is -2.34. The number of nitrogens with zero attached hydrogens (tertiary/aromatic N) is 1. The maximum absolute atomic E-state index is 13.0. The summed E-state index contributed by atoms with van der Waals surface area (Å²) in [6, 6.07) is 18.3. The third-order valence-electron chi connectivity index (χ3n) is 6.49. The molecular formula is C35H40N4O9S. The molecule has 1 atom stereocenters. The molecule has 0 aromatic heterocycles. The molecule has 14 heteroatoms. The van der Waals surface area contributed by atoms with Crippen molar-refractivity contribution in [3.63, 3.8) is 0 Å². The summed E-state index contributed by atoms with van der Waals surface area (Å²) >= 11 is 0.959. The van der Waals surface area contributed by atoms with Crippen LogP contribution >= 0.6 is 11.8 Å². The van der Waals surface area contributed by atoms with Crippen molar-refractivity contribution in [3.8, 4) is 17.2 Å². The minimum absolute atomic E-state index is 0.306. The Labute approximate surface area is 289 Å². The Morgan fingerprint density at radius 3 is 2.02 bits per heavy atom. The first-order chi connectivity index (χ1) is 22.9. The second-order valence-electron chi connectivity index (χ2n) is 13.0. The van der Waals surface area contributed by atoms with E-state index < -0.39 is 34.5 Å². The molecule has 0 aliphatic carbocycles. The molecule has 4 rings (SSSR count). The molecule has 1 heterocycles. The van der Waals surface area contributed by atoms with Crippen LogP contribution in [-0.4, -0.2) is 59.3 Å². The topological polar surface area (TPSA) is 162 Å². The van der Waals surface area contributed by atoms with Crippen LogP contribution in [0.2, 0.25) is 0 Å². The third kappa shape index (κ3) is 11.5. The van der Waals surface area contributed by atoms with Gasteiger partial charge in [-0.3, -0.25) is 29.9 Å². The Balaban J connectivity index is 1.42. The molecule has 0 radical (unpaired) electrons. The summed E-state index contributed by atoms with van der Waals surface area (Å²) in [5.74, 6) is 0.454. The van der Waals surface area contributed by atoms with Gasteiger partial charge in [0, 0.05) is 18.8 Å². The van der Waals surface area contributed by atoms with Crippen molar-refractivity contribution in [2.45, 2.75) is 64.4 Å². The van der Waals surface area contributed by atoms with Crippen molar-refractivity contribution >= 4 is 58.1 Å². The number of hydrogen-bond acceptors (Lipinski definition) is 10. The molecule has 0 spiro atoms. The molecule has 49 heavy (non-hydrogen) atoms. The van der Waals surface area contributed by atoms with Gasteiger partial charge in [-0.25, -0.2) is 9.59 Å². The van der Waals surface area contributed by atoms with E-state index in [0.29, 0.717) is 40.7 Å². The minimum Gasteiger partial charge on any atom is -0.484 e. The summed E-state index contributed by atoms with van der Waals surface area (Å²) < 4.78 is 22.5. The van der Waals surface area contributed by atoms with E-state index in [-0.39, 0.29) is 17.8 Å². The van der Waals surface area contributed by atoms with Gasteiger partial charge in [0.15, 0.2) is 6.61 Å². The van der Waals surface area contributed by atoms with Crippen molar-refractivity contribution in [3.05, 3.63) is 72.3 Å². The van der Waals surface area contributed by atoms with Crippen LogP contribution in [0.25, 0.3) is 0 Å². The maximum Gasteiger partial charge on any atom is 0.414 e. The van der Waals surface area contributed by atoms with Gasteiger partial charge in [0.25, 0.3) is 11.1 Å². The van der Waals surface area contributed by atoms with Crippen LogP contribution in [0.5, 0.6) is 17.2 Å². The van der Waals surface area contributed by atoms with Crippen molar-refractivity contribution < 1.29 is 42.9 Å². The molecule has 3 aromatic carbocycles. The van der Waals surface area contributed by atoms with E-state index in [1.165, 1.54) is 11.9 Å². The highest BCUT2D eigenvalue weighted by Crippen LogP contribution is 2.34. The lowest BCUT2D eigenvalue weighted by molar-refractivity contribution is -0.119. The fourth-order valence-electron chi connectivity index (χ4n) is 4.35. The average Bonchev–Trinajstić information content (AvgIpc) is 3.32. The molecule has 13 nitrogen and oxygen atoms in total. The molecule has 1 saturated heterocycles. The highest BCUT2D eigenvalue weighted by Gasteiger charge is 2.31. The molecule has 0 saturated carbocycles. The molecule has 1 aliphatic rings. The van der Waals surface area contributed by atoms with E-state index in [1.807, 2.05) is 0 Å². The van der Waals surface area contributed by atoms with Crippen LogP contribution in [0.1, 0.15) is 47.1 Å². The summed E-state index contributed by atoms with van der Waals surface area (Å²) in [5.41, 5.74) is 0.566. The van der Waals surface area contributed by atoms with Crippen molar-refractivity contribution in [1.29, 1.82) is 0 Å². The van der Waals surface area contributed by atoms with E-state index in [1.54, 1.807) is 108 Å². The first kappa shape index (κ1) is 36.6. The van der Waals surface area contributed by atoms with Crippen molar-refractivity contribution in [2.75, 3.05) is 29.2 Å². The summed E-state index contributed by atoms with van der Waals surface area (Å²) in [6.45, 7) is 10.2. The largest absolute Gasteiger partial charge is 0.484 e. The lowest BCUT2D eigenvalue weighted by Gasteiger charge is -2.26. The predicted molar refractivity (Wildman–Crippen MR) is 187 cm³/mol. The molecule has 1 aliphatic heterocycles. The van der Waals surface area contributed by atoms with Crippen molar-refractivity contribution in [1.82, 2.24) is 5.32 Å². The number of carbonyl (C=O) groups is 5. The smallest absolute Gasteiger partial charge is 0.414 e. The van der Waals surface area contributed by atoms with E-state index in [9.17, 15) is 24.0 Å². The molecule has 1 unspecified atom stereocenters. The standard InChI is InChI=1S/C35H40N4O9S/c1-34(2,3)47-31(42)36-22-10-14-24(15-11-22)46-25-16-17-26(27(19-25)39(7)33(44)48-35(4,5)6)37-29(40)20-45-23-12-8-21(9-13-23)18-28-30(41)38-32(43)49-28/h8-17,19,28H,18,20H2,1-7H3,(H,36,42)(H,37,40)(H,38,41,43). The van der Waals surface area contributed by atoms with Crippen LogP contribution in [-0.2, 0) is 25.5 Å². The van der Waals surface area contributed by atoms with Gasteiger partial charge >= 0.3 is 12.2 Å². The number of carbonyl (C=O) groups excluding carboxylic acids is 5. The van der Waals surface area contributed by atoms with Crippen LogP contribution in [0.15, 0.2) is 66.7 Å². The molecule has 0 bridgehead atoms. The van der Waals surface area contributed by atoms with E-state index >= 15 is 0 Å². The zero-order valence-corrected chi connectivity index (χ0v) is 29.2. The molecule has 1 fully saturated rings. The van der Waals surface area contributed by atoms with Gasteiger partial charge in [-0.15, -0.1) is 0 Å². The van der Waals surface area contributed by atoms with Gasteiger partial charge in [-0.1, -0.05) is 23.9 Å². The first-order valence-corrected chi connectivity index (χ1v) is 16.2. The summed E-state index contributed by atoms with van der Waals surface area (Å²) in [4.78, 5) is 62.6. The molecule has 260 valence electrons. The fourth-order valence-corrected chi connectivity index (χ4v) is 5.21. The number of ether oxygens (including phenoxy) is 4. The van der Waals surface area contributed by atoms with Gasteiger partial charge in [0.2, 0.25) is 5.91 Å². The SMILES string of the molecule is CN(C(=O)OC(C)(C)C)c1cc(Oc2ccc(NC(=O)OC(C)(C)C)cc2)ccc1NC(=O)COc1ccc(CC2SC(=O)NC2=O)cc1. The Morgan fingerprint density at radius 2 is 1.43 bits per heavy atom. The van der Waals surface area contributed by atoms with Crippen LogP contribution in [0, 0.1) is 0 Å². The fraction of sp³-hybridized carbons (Fsp3) is 0.343. The molecule has 5 amide bonds. The number of rotatable bonds is 10. The maximum atomic E-state index is 13.0. The van der Waals surface area contributed by atoms with Gasteiger partial charge in [-0.05, 0) is 102 Å². The number of thioether (sulfide) groups is 1.